The third-order valence-corrected chi connectivity index (χ3v) is 7.23. The zero-order valence-corrected chi connectivity index (χ0v) is 20.1. The van der Waals surface area contributed by atoms with Crippen LogP contribution >= 0.6 is 23.4 Å². The van der Waals surface area contributed by atoms with Crippen LogP contribution in [-0.4, -0.2) is 51.7 Å². The summed E-state index contributed by atoms with van der Waals surface area (Å²) >= 11 is 7.72. The van der Waals surface area contributed by atoms with Crippen LogP contribution in [0.5, 0.6) is 5.75 Å². The van der Waals surface area contributed by atoms with Crippen molar-refractivity contribution >= 4 is 35.1 Å². The number of Topliss-reactive ketones (excluding diaryl/α,β-unsaturated/α-hetero) is 1. The highest BCUT2D eigenvalue weighted by atomic mass is 35.5. The second-order valence-electron chi connectivity index (χ2n) is 7.91. The van der Waals surface area contributed by atoms with Crippen LogP contribution in [0.1, 0.15) is 31.2 Å². The number of nitrogens with zero attached hydrogens (tertiary/aromatic N) is 3. The van der Waals surface area contributed by atoms with Gasteiger partial charge in [0.15, 0.2) is 11.6 Å². The molecular formula is C24H25ClN4O3S. The molecule has 0 spiro atoms. The van der Waals surface area contributed by atoms with Gasteiger partial charge < -0.3 is 9.64 Å². The lowest BCUT2D eigenvalue weighted by Gasteiger charge is -2.44. The Bertz CT molecular complexity index is 1150. The number of ether oxygens (including phenoxy) is 1. The van der Waals surface area contributed by atoms with Crippen LogP contribution in [0.15, 0.2) is 53.7 Å². The van der Waals surface area contributed by atoms with E-state index in [0.717, 1.165) is 24.2 Å². The third kappa shape index (κ3) is 4.63. The van der Waals surface area contributed by atoms with Crippen LogP contribution in [-0.2, 0) is 15.1 Å². The van der Waals surface area contributed by atoms with E-state index < -0.39 is 5.54 Å². The number of thioether (sulfide) groups is 1. The van der Waals surface area contributed by atoms with Gasteiger partial charge in [0.1, 0.15) is 11.3 Å². The van der Waals surface area contributed by atoms with Gasteiger partial charge >= 0.3 is 0 Å². The summed E-state index contributed by atoms with van der Waals surface area (Å²) in [6.07, 6.45) is 2.67. The Kier molecular flexibility index (Phi) is 7.05. The predicted octanol–water partition coefficient (Wildman–Crippen LogP) is 4.72. The van der Waals surface area contributed by atoms with Crippen molar-refractivity contribution in [1.29, 1.82) is 0 Å². The Labute approximate surface area is 201 Å². The minimum atomic E-state index is -1.04. The molecule has 1 aliphatic rings. The molecule has 33 heavy (non-hydrogen) atoms. The zero-order valence-electron chi connectivity index (χ0n) is 18.5. The minimum absolute atomic E-state index is 0.0300. The van der Waals surface area contributed by atoms with Crippen molar-refractivity contribution in [2.45, 2.75) is 36.4 Å². The molecule has 1 heterocycles. The molecule has 2 aromatic carbocycles. The maximum Gasteiger partial charge on any atom is 0.233 e. The lowest BCUT2D eigenvalue weighted by Crippen LogP contribution is -2.54. The fraction of sp³-hybridized carbons (Fsp3) is 0.333. The predicted molar refractivity (Wildman–Crippen MR) is 128 cm³/mol. The topological polar surface area (TPSA) is 88.2 Å². The van der Waals surface area contributed by atoms with E-state index in [-0.39, 0.29) is 17.4 Å². The smallest absolute Gasteiger partial charge is 0.233 e. The van der Waals surface area contributed by atoms with Gasteiger partial charge in [-0.3, -0.25) is 14.7 Å². The number of nitrogens with one attached hydrogen (secondary N) is 1. The van der Waals surface area contributed by atoms with Crippen LogP contribution in [0.4, 0.5) is 0 Å². The third-order valence-electron chi connectivity index (χ3n) is 6.07. The molecule has 3 aromatic rings. The van der Waals surface area contributed by atoms with Gasteiger partial charge in [0.2, 0.25) is 11.1 Å². The number of H-pyrrole nitrogens is 1. The number of amides is 1. The maximum absolute atomic E-state index is 13.2. The summed E-state index contributed by atoms with van der Waals surface area (Å²) in [5, 5.41) is 8.09. The summed E-state index contributed by atoms with van der Waals surface area (Å²) in [4.78, 5) is 32.5. The monoisotopic (exact) mass is 484 g/mol. The first-order valence-corrected chi connectivity index (χ1v) is 12.1. The number of aromatic nitrogens is 3. The molecule has 0 aliphatic heterocycles. The number of ketones is 1. The molecule has 4 rings (SSSR count). The highest BCUT2D eigenvalue weighted by Crippen LogP contribution is 2.42. The van der Waals surface area contributed by atoms with E-state index in [2.05, 4.69) is 15.2 Å². The number of rotatable bonds is 7. The molecule has 1 fully saturated rings. The van der Waals surface area contributed by atoms with Gasteiger partial charge in [-0.05, 0) is 49.6 Å². The summed E-state index contributed by atoms with van der Waals surface area (Å²) in [5.74, 6) is 1.33. The zero-order chi connectivity index (χ0) is 23.4. The summed E-state index contributed by atoms with van der Waals surface area (Å²) in [5.41, 5.74) is 0.516. The summed E-state index contributed by atoms with van der Waals surface area (Å²) in [6, 6.07) is 14.8. The average Bonchev–Trinajstić information content (AvgIpc) is 3.32. The van der Waals surface area contributed by atoms with Crippen molar-refractivity contribution in [1.82, 2.24) is 20.1 Å². The van der Waals surface area contributed by atoms with Crippen molar-refractivity contribution < 1.29 is 14.3 Å². The van der Waals surface area contributed by atoms with E-state index >= 15 is 0 Å². The molecule has 172 valence electrons. The average molecular weight is 485 g/mol. The van der Waals surface area contributed by atoms with Crippen molar-refractivity contribution in [3.63, 3.8) is 0 Å². The van der Waals surface area contributed by atoms with Crippen LogP contribution in [0.25, 0.3) is 11.4 Å². The second-order valence-corrected chi connectivity index (χ2v) is 9.26. The van der Waals surface area contributed by atoms with E-state index in [9.17, 15) is 9.59 Å². The number of benzene rings is 2. The number of halogens is 1. The largest absolute Gasteiger partial charge is 0.497 e. The van der Waals surface area contributed by atoms with Gasteiger partial charge in [-0.1, -0.05) is 41.6 Å². The highest BCUT2D eigenvalue weighted by molar-refractivity contribution is 7.99. The Morgan fingerprint density at radius 2 is 1.97 bits per heavy atom. The Hall–Kier alpha value is -2.84. The molecule has 9 heteroatoms. The van der Waals surface area contributed by atoms with Gasteiger partial charge in [0.05, 0.1) is 12.9 Å². The molecule has 7 nitrogen and oxygen atoms in total. The van der Waals surface area contributed by atoms with Crippen LogP contribution in [0, 0.1) is 0 Å². The molecule has 0 saturated heterocycles. The first kappa shape index (κ1) is 23.3. The number of aromatic amines is 1. The first-order chi connectivity index (χ1) is 16.0. The van der Waals surface area contributed by atoms with Crippen LogP contribution in [0.3, 0.4) is 0 Å². The van der Waals surface area contributed by atoms with Crippen LogP contribution < -0.4 is 4.74 Å². The molecule has 0 radical (unpaired) electrons. The molecular weight excluding hydrogens is 460 g/mol. The fourth-order valence-electron chi connectivity index (χ4n) is 4.25. The van der Waals surface area contributed by atoms with Gasteiger partial charge in [-0.15, -0.1) is 5.10 Å². The number of hydrogen-bond donors (Lipinski definition) is 1. The molecule has 1 amide bonds. The molecule has 1 atom stereocenters. The van der Waals surface area contributed by atoms with E-state index in [0.29, 0.717) is 34.4 Å². The lowest BCUT2D eigenvalue weighted by atomic mass is 9.74. The lowest BCUT2D eigenvalue weighted by molar-refractivity contribution is -0.146. The molecule has 1 N–H and O–H groups in total. The van der Waals surface area contributed by atoms with E-state index in [4.69, 9.17) is 16.3 Å². The van der Waals surface area contributed by atoms with Crippen molar-refractivity contribution in [3.05, 3.63) is 59.1 Å². The van der Waals surface area contributed by atoms with Gasteiger partial charge in [0, 0.05) is 29.6 Å². The molecule has 0 unspecified atom stereocenters. The SMILES string of the molecule is COc1ccc(-c2nc(SCC(=O)N(C)[C@@]3(c4ccccc4Cl)CCCCC3=O)n[nH]2)cc1. The quantitative estimate of drug-likeness (QED) is 0.488. The fourth-order valence-corrected chi connectivity index (χ4v) is 5.26. The highest BCUT2D eigenvalue weighted by Gasteiger charge is 2.47. The van der Waals surface area contributed by atoms with Crippen LogP contribution in [0.2, 0.25) is 5.02 Å². The molecule has 1 saturated carbocycles. The number of methoxy groups -OCH3 is 1. The first-order valence-electron chi connectivity index (χ1n) is 10.7. The number of carbonyl (C=O) groups is 2. The summed E-state index contributed by atoms with van der Waals surface area (Å²) < 4.78 is 5.18. The number of carbonyl (C=O) groups excluding carboxylic acids is 2. The Morgan fingerprint density at radius 3 is 2.67 bits per heavy atom. The normalized spacial score (nSPS) is 18.2. The standard InChI is InChI=1S/C24H25ClN4O3S/c1-29(24(14-6-5-9-20(24)30)18-7-3-4-8-19(18)25)21(31)15-33-23-26-22(27-28-23)16-10-12-17(32-2)13-11-16/h3-4,7-8,10-13H,5-6,9,14-15H2,1-2H3,(H,26,27,28)/t24-/m1/s1. The maximum atomic E-state index is 13.2. The minimum Gasteiger partial charge on any atom is -0.497 e. The van der Waals surface area contributed by atoms with Crippen molar-refractivity contribution in [2.24, 2.45) is 0 Å². The number of likely N-dealkylation sites (N-methyl/N-ethyl adjacent to an activating group) is 1. The molecule has 1 aliphatic carbocycles. The van der Waals surface area contributed by atoms with Gasteiger partial charge in [-0.2, -0.15) is 0 Å². The molecule has 0 bridgehead atoms. The van der Waals surface area contributed by atoms with Gasteiger partial charge in [0.25, 0.3) is 0 Å². The van der Waals surface area contributed by atoms with E-state index in [1.807, 2.05) is 42.5 Å². The van der Waals surface area contributed by atoms with E-state index in [1.54, 1.807) is 25.1 Å². The summed E-state index contributed by atoms with van der Waals surface area (Å²) in [7, 11) is 3.30. The Balaban J connectivity index is 1.50. The van der Waals surface area contributed by atoms with Crippen molar-refractivity contribution in [2.75, 3.05) is 19.9 Å². The second kappa shape index (κ2) is 9.97. The number of hydrogen-bond acceptors (Lipinski definition) is 6. The summed E-state index contributed by atoms with van der Waals surface area (Å²) in [6.45, 7) is 0. The molecule has 1 aromatic heterocycles. The van der Waals surface area contributed by atoms with Gasteiger partial charge in [-0.25, -0.2) is 4.98 Å². The van der Waals surface area contributed by atoms with E-state index in [1.165, 1.54) is 11.8 Å². The Morgan fingerprint density at radius 1 is 1.21 bits per heavy atom. The van der Waals surface area contributed by atoms with Crippen molar-refractivity contribution in [3.8, 4) is 17.1 Å².